The van der Waals surface area contributed by atoms with Gasteiger partial charge in [0.25, 0.3) is 0 Å². The Morgan fingerprint density at radius 1 is 1.15 bits per heavy atom. The van der Waals surface area contributed by atoms with E-state index in [-0.39, 0.29) is 5.54 Å². The zero-order chi connectivity index (χ0) is 15.4. The molecule has 0 aliphatic heterocycles. The number of pyridine rings is 1. The van der Waals surface area contributed by atoms with Crippen LogP contribution in [0.2, 0.25) is 0 Å². The molecule has 0 aliphatic carbocycles. The summed E-state index contributed by atoms with van der Waals surface area (Å²) in [7, 11) is 0. The molecule has 20 heavy (non-hydrogen) atoms. The topological polar surface area (TPSA) is 39.9 Å². The van der Waals surface area contributed by atoms with Crippen LogP contribution in [0.25, 0.3) is 0 Å². The number of hydrogen-bond donors (Lipinski definition) is 0. The van der Waals surface area contributed by atoms with Crippen molar-refractivity contribution in [1.29, 1.82) is 5.26 Å². The second-order valence-corrected chi connectivity index (χ2v) is 7.55. The van der Waals surface area contributed by atoms with Crippen LogP contribution >= 0.6 is 0 Å². The Bertz CT molecular complexity index is 455. The van der Waals surface area contributed by atoms with E-state index in [1.807, 2.05) is 12.1 Å². The van der Waals surface area contributed by atoms with E-state index < -0.39 is 0 Å². The quantitative estimate of drug-likeness (QED) is 0.832. The van der Waals surface area contributed by atoms with Gasteiger partial charge in [-0.05, 0) is 51.3 Å². The van der Waals surface area contributed by atoms with Crippen LogP contribution in [0.1, 0.15) is 59.2 Å². The van der Waals surface area contributed by atoms with Crippen molar-refractivity contribution >= 4 is 0 Å². The van der Waals surface area contributed by atoms with Gasteiger partial charge in [-0.3, -0.25) is 9.88 Å². The van der Waals surface area contributed by atoms with Gasteiger partial charge in [-0.15, -0.1) is 0 Å². The van der Waals surface area contributed by atoms with Gasteiger partial charge in [0.05, 0.1) is 11.3 Å². The van der Waals surface area contributed by atoms with Crippen LogP contribution in [0.3, 0.4) is 0 Å². The van der Waals surface area contributed by atoms with Crippen LogP contribution in [0.4, 0.5) is 0 Å². The smallest absolute Gasteiger partial charge is 0.101 e. The lowest BCUT2D eigenvalue weighted by Gasteiger charge is -2.37. The summed E-state index contributed by atoms with van der Waals surface area (Å²) >= 11 is 0. The van der Waals surface area contributed by atoms with Gasteiger partial charge in [0.2, 0.25) is 0 Å². The standard InChI is InChI=1S/C17H27N3/c1-16(2,3)9-10-20(17(4,5)6)13-15-8-7-14(11-18)12-19-15/h7-8,12H,9-10,13H2,1-6H3. The normalized spacial score (nSPS) is 12.5. The molecular weight excluding hydrogens is 246 g/mol. The molecule has 1 rings (SSSR count). The zero-order valence-electron chi connectivity index (χ0n) is 13.7. The number of hydrogen-bond acceptors (Lipinski definition) is 3. The summed E-state index contributed by atoms with van der Waals surface area (Å²) in [6, 6.07) is 5.90. The Balaban J connectivity index is 2.77. The number of nitriles is 1. The molecule has 0 aromatic carbocycles. The molecule has 0 unspecified atom stereocenters. The highest BCUT2D eigenvalue weighted by atomic mass is 15.2. The molecule has 0 bridgehead atoms. The third-order valence-corrected chi connectivity index (χ3v) is 3.39. The lowest BCUT2D eigenvalue weighted by molar-refractivity contribution is 0.109. The molecule has 0 aliphatic rings. The first-order valence-electron chi connectivity index (χ1n) is 7.22. The summed E-state index contributed by atoms with van der Waals surface area (Å²) in [6.45, 7) is 15.4. The van der Waals surface area contributed by atoms with Gasteiger partial charge in [-0.1, -0.05) is 20.8 Å². The van der Waals surface area contributed by atoms with Gasteiger partial charge in [0, 0.05) is 18.3 Å². The maximum atomic E-state index is 8.81. The minimum absolute atomic E-state index is 0.112. The van der Waals surface area contributed by atoms with Crippen molar-refractivity contribution < 1.29 is 0 Å². The fourth-order valence-electron chi connectivity index (χ4n) is 1.90. The maximum Gasteiger partial charge on any atom is 0.101 e. The summed E-state index contributed by atoms with van der Waals surface area (Å²) in [6.07, 6.45) is 2.81. The van der Waals surface area contributed by atoms with Crippen molar-refractivity contribution in [2.45, 2.75) is 60.0 Å². The highest BCUT2D eigenvalue weighted by Crippen LogP contribution is 2.23. The van der Waals surface area contributed by atoms with Crippen LogP contribution in [0.5, 0.6) is 0 Å². The van der Waals surface area contributed by atoms with E-state index in [0.717, 1.165) is 25.2 Å². The molecule has 1 aromatic heterocycles. The van der Waals surface area contributed by atoms with Crippen molar-refractivity contribution in [3.8, 4) is 6.07 Å². The Morgan fingerprint density at radius 3 is 2.20 bits per heavy atom. The molecule has 0 radical (unpaired) electrons. The predicted octanol–water partition coefficient (Wildman–Crippen LogP) is 3.99. The van der Waals surface area contributed by atoms with E-state index >= 15 is 0 Å². The monoisotopic (exact) mass is 273 g/mol. The van der Waals surface area contributed by atoms with Crippen molar-refractivity contribution in [1.82, 2.24) is 9.88 Å². The maximum absolute atomic E-state index is 8.81. The molecule has 1 heterocycles. The van der Waals surface area contributed by atoms with Crippen LogP contribution in [0, 0.1) is 16.7 Å². The second kappa shape index (κ2) is 6.37. The Morgan fingerprint density at radius 2 is 1.80 bits per heavy atom. The molecule has 0 saturated carbocycles. The Kier molecular flexibility index (Phi) is 5.30. The average molecular weight is 273 g/mol. The van der Waals surface area contributed by atoms with E-state index in [1.54, 1.807) is 6.20 Å². The van der Waals surface area contributed by atoms with Crippen LogP contribution in [-0.2, 0) is 6.54 Å². The molecule has 0 N–H and O–H groups in total. The lowest BCUT2D eigenvalue weighted by atomic mass is 9.91. The third kappa shape index (κ3) is 5.71. The molecular formula is C17H27N3. The first kappa shape index (κ1) is 16.7. The largest absolute Gasteiger partial charge is 0.293 e. The molecule has 3 heteroatoms. The average Bonchev–Trinajstić information content (AvgIpc) is 2.32. The summed E-state index contributed by atoms with van der Waals surface area (Å²) in [4.78, 5) is 6.83. The van der Waals surface area contributed by atoms with Crippen LogP contribution in [0.15, 0.2) is 18.3 Å². The first-order valence-corrected chi connectivity index (χ1v) is 7.22. The predicted molar refractivity (Wildman–Crippen MR) is 83.2 cm³/mol. The van der Waals surface area contributed by atoms with Gasteiger partial charge in [-0.2, -0.15) is 5.26 Å². The second-order valence-electron chi connectivity index (χ2n) is 7.55. The van der Waals surface area contributed by atoms with E-state index in [4.69, 9.17) is 5.26 Å². The molecule has 110 valence electrons. The molecule has 3 nitrogen and oxygen atoms in total. The molecule has 0 saturated heterocycles. The summed E-state index contributed by atoms with van der Waals surface area (Å²) in [5.41, 5.74) is 2.08. The number of nitrogens with zero attached hydrogens (tertiary/aromatic N) is 3. The van der Waals surface area contributed by atoms with E-state index in [1.165, 1.54) is 0 Å². The highest BCUT2D eigenvalue weighted by Gasteiger charge is 2.23. The molecule has 1 aromatic rings. The molecule has 0 amide bonds. The third-order valence-electron chi connectivity index (χ3n) is 3.39. The van der Waals surface area contributed by atoms with Crippen molar-refractivity contribution in [2.24, 2.45) is 5.41 Å². The van der Waals surface area contributed by atoms with Crippen molar-refractivity contribution in [3.63, 3.8) is 0 Å². The van der Waals surface area contributed by atoms with Crippen LogP contribution < -0.4 is 0 Å². The minimum Gasteiger partial charge on any atom is -0.293 e. The SMILES string of the molecule is CC(C)(C)CCN(Cc1ccc(C#N)cn1)C(C)(C)C. The van der Waals surface area contributed by atoms with Gasteiger partial charge in [0.1, 0.15) is 6.07 Å². The Hall–Kier alpha value is -1.40. The number of aromatic nitrogens is 1. The highest BCUT2D eigenvalue weighted by molar-refractivity contribution is 5.26. The van der Waals surface area contributed by atoms with Crippen LogP contribution in [-0.4, -0.2) is 22.0 Å². The fraction of sp³-hybridized carbons (Fsp3) is 0.647. The summed E-state index contributed by atoms with van der Waals surface area (Å²) in [5, 5.41) is 8.81. The van der Waals surface area contributed by atoms with Gasteiger partial charge in [0.15, 0.2) is 0 Å². The van der Waals surface area contributed by atoms with Gasteiger partial charge < -0.3 is 0 Å². The summed E-state index contributed by atoms with van der Waals surface area (Å²) < 4.78 is 0. The minimum atomic E-state index is 0.112. The van der Waals surface area contributed by atoms with Gasteiger partial charge >= 0.3 is 0 Å². The van der Waals surface area contributed by atoms with Crippen molar-refractivity contribution in [3.05, 3.63) is 29.6 Å². The van der Waals surface area contributed by atoms with E-state index in [9.17, 15) is 0 Å². The zero-order valence-corrected chi connectivity index (χ0v) is 13.7. The molecule has 0 fully saturated rings. The van der Waals surface area contributed by atoms with Gasteiger partial charge in [-0.25, -0.2) is 0 Å². The van der Waals surface area contributed by atoms with E-state index in [0.29, 0.717) is 11.0 Å². The van der Waals surface area contributed by atoms with Crippen molar-refractivity contribution in [2.75, 3.05) is 6.54 Å². The Labute approximate surface area is 123 Å². The van der Waals surface area contributed by atoms with E-state index in [2.05, 4.69) is 57.5 Å². The summed E-state index contributed by atoms with van der Waals surface area (Å²) in [5.74, 6) is 0. The molecule has 0 atom stereocenters. The fourth-order valence-corrected chi connectivity index (χ4v) is 1.90. The molecule has 0 spiro atoms. The first-order chi connectivity index (χ1) is 9.12. The number of rotatable bonds is 4. The lowest BCUT2D eigenvalue weighted by Crippen LogP contribution is -2.42.